The van der Waals surface area contributed by atoms with E-state index < -0.39 is 0 Å². The Kier molecular flexibility index (Phi) is 5.19. The van der Waals surface area contributed by atoms with Crippen LogP contribution in [0.3, 0.4) is 0 Å². The summed E-state index contributed by atoms with van der Waals surface area (Å²) >= 11 is 3.27. The highest BCUT2D eigenvalue weighted by Gasteiger charge is 2.15. The summed E-state index contributed by atoms with van der Waals surface area (Å²) < 4.78 is 5.05. The number of amides is 1. The van der Waals surface area contributed by atoms with Gasteiger partial charge in [0.1, 0.15) is 0 Å². The molecule has 1 aliphatic heterocycles. The van der Waals surface area contributed by atoms with Crippen LogP contribution >= 0.6 is 15.9 Å². The third-order valence-electron chi connectivity index (χ3n) is 2.29. The fourth-order valence-corrected chi connectivity index (χ4v) is 1.83. The molecule has 1 rings (SSSR count). The highest BCUT2D eigenvalue weighted by atomic mass is 79.9. The number of alkyl halides is 1. The second-order valence-corrected chi connectivity index (χ2v) is 4.12. The lowest BCUT2D eigenvalue weighted by molar-refractivity contribution is -0.130. The molecule has 80 valence electrons. The first kappa shape index (κ1) is 11.7. The van der Waals surface area contributed by atoms with Gasteiger partial charge in [0.05, 0.1) is 6.61 Å². The molecule has 1 aliphatic rings. The molecular formula is C10H16BrNO2. The highest BCUT2D eigenvalue weighted by Crippen LogP contribution is 2.11. The van der Waals surface area contributed by atoms with Gasteiger partial charge in [-0.3, -0.25) is 4.79 Å². The lowest BCUT2D eigenvalue weighted by Gasteiger charge is -2.26. The Bertz CT molecular complexity index is 228. The second kappa shape index (κ2) is 6.19. The Labute approximate surface area is 93.2 Å². The fraction of sp³-hybridized carbons (Fsp3) is 0.700. The third-order valence-corrected chi connectivity index (χ3v) is 2.69. The van der Waals surface area contributed by atoms with Gasteiger partial charge in [-0.15, -0.1) is 0 Å². The molecule has 0 radical (unpaired) electrons. The number of carbonyl (C=O) groups excluding carboxylic acids is 1. The van der Waals surface area contributed by atoms with Crippen LogP contribution in [0.2, 0.25) is 0 Å². The van der Waals surface area contributed by atoms with Gasteiger partial charge >= 0.3 is 0 Å². The molecule has 0 aromatic heterocycles. The van der Waals surface area contributed by atoms with E-state index in [9.17, 15) is 4.79 Å². The molecule has 0 unspecified atom stereocenters. The van der Waals surface area contributed by atoms with Crippen molar-refractivity contribution in [3.8, 4) is 0 Å². The minimum atomic E-state index is 0.231. The van der Waals surface area contributed by atoms with Crippen molar-refractivity contribution in [1.29, 1.82) is 0 Å². The molecule has 14 heavy (non-hydrogen) atoms. The molecule has 1 heterocycles. The lowest BCUT2D eigenvalue weighted by Crippen LogP contribution is -2.35. The molecule has 0 saturated heterocycles. The minimum Gasteiger partial charge on any atom is -0.380 e. The molecule has 0 N–H and O–H groups in total. The Morgan fingerprint density at radius 3 is 3.00 bits per heavy atom. The van der Waals surface area contributed by atoms with Crippen LogP contribution in [0.25, 0.3) is 0 Å². The standard InChI is InChI=1S/C10H16BrNO2/c1-14-8-9-3-6-12(7-4-9)10(13)2-5-11/h3H,2,4-8H2,1H3. The number of hydrogen-bond donors (Lipinski definition) is 0. The summed E-state index contributed by atoms with van der Waals surface area (Å²) in [6.07, 6.45) is 3.63. The van der Waals surface area contributed by atoms with Gasteiger partial charge in [0.2, 0.25) is 5.91 Å². The Balaban J connectivity index is 2.38. The first-order valence-electron chi connectivity index (χ1n) is 4.78. The zero-order chi connectivity index (χ0) is 10.4. The van der Waals surface area contributed by atoms with Gasteiger partial charge in [0.15, 0.2) is 0 Å². The van der Waals surface area contributed by atoms with Crippen LogP contribution in [-0.2, 0) is 9.53 Å². The summed E-state index contributed by atoms with van der Waals surface area (Å²) in [5, 5.41) is 0.747. The van der Waals surface area contributed by atoms with E-state index in [2.05, 4.69) is 22.0 Å². The van der Waals surface area contributed by atoms with E-state index >= 15 is 0 Å². The summed E-state index contributed by atoms with van der Waals surface area (Å²) in [7, 11) is 1.70. The maximum atomic E-state index is 11.5. The highest BCUT2D eigenvalue weighted by molar-refractivity contribution is 9.09. The number of hydrogen-bond acceptors (Lipinski definition) is 2. The van der Waals surface area contributed by atoms with E-state index in [1.165, 1.54) is 5.57 Å². The van der Waals surface area contributed by atoms with Crippen LogP contribution in [-0.4, -0.2) is 42.9 Å². The number of rotatable bonds is 4. The van der Waals surface area contributed by atoms with Crippen LogP contribution in [0.5, 0.6) is 0 Å². The molecule has 0 aliphatic carbocycles. The van der Waals surface area contributed by atoms with Crippen molar-refractivity contribution in [2.24, 2.45) is 0 Å². The molecule has 0 aromatic rings. The number of carbonyl (C=O) groups is 1. The minimum absolute atomic E-state index is 0.231. The maximum absolute atomic E-state index is 11.5. The van der Waals surface area contributed by atoms with Crippen molar-refractivity contribution in [3.05, 3.63) is 11.6 Å². The van der Waals surface area contributed by atoms with E-state index in [0.717, 1.165) is 24.8 Å². The van der Waals surface area contributed by atoms with Crippen molar-refractivity contribution in [1.82, 2.24) is 4.90 Å². The molecule has 0 bridgehead atoms. The van der Waals surface area contributed by atoms with Gasteiger partial charge in [-0.1, -0.05) is 22.0 Å². The fourth-order valence-electron chi connectivity index (χ4n) is 1.49. The topological polar surface area (TPSA) is 29.5 Å². The summed E-state index contributed by atoms with van der Waals surface area (Å²) in [4.78, 5) is 13.4. The van der Waals surface area contributed by atoms with E-state index in [1.807, 2.05) is 4.90 Å². The van der Waals surface area contributed by atoms with E-state index in [-0.39, 0.29) is 5.91 Å². The summed E-state index contributed by atoms with van der Waals surface area (Å²) in [6, 6.07) is 0. The molecule has 4 heteroatoms. The van der Waals surface area contributed by atoms with E-state index in [1.54, 1.807) is 7.11 Å². The van der Waals surface area contributed by atoms with E-state index in [0.29, 0.717) is 13.0 Å². The molecule has 0 spiro atoms. The average Bonchev–Trinajstić information content (AvgIpc) is 2.20. The van der Waals surface area contributed by atoms with Crippen LogP contribution < -0.4 is 0 Å². The van der Waals surface area contributed by atoms with Crippen LogP contribution in [0.1, 0.15) is 12.8 Å². The van der Waals surface area contributed by atoms with Gasteiger partial charge in [0, 0.05) is 32.0 Å². The quantitative estimate of drug-likeness (QED) is 0.568. The normalized spacial score (nSPS) is 16.7. The van der Waals surface area contributed by atoms with Gasteiger partial charge in [0.25, 0.3) is 0 Å². The number of halogens is 1. The second-order valence-electron chi connectivity index (χ2n) is 3.32. The largest absolute Gasteiger partial charge is 0.380 e. The number of nitrogens with zero attached hydrogens (tertiary/aromatic N) is 1. The van der Waals surface area contributed by atoms with Crippen molar-refractivity contribution in [2.45, 2.75) is 12.8 Å². The van der Waals surface area contributed by atoms with Gasteiger partial charge in [-0.2, -0.15) is 0 Å². The Hall–Kier alpha value is -0.350. The van der Waals surface area contributed by atoms with Crippen LogP contribution in [0.4, 0.5) is 0 Å². The Morgan fingerprint density at radius 1 is 1.71 bits per heavy atom. The van der Waals surface area contributed by atoms with E-state index in [4.69, 9.17) is 4.74 Å². The molecule has 1 amide bonds. The molecule has 0 aromatic carbocycles. The monoisotopic (exact) mass is 261 g/mol. The summed E-state index contributed by atoms with van der Waals surface area (Å²) in [5.41, 5.74) is 1.30. The van der Waals surface area contributed by atoms with Gasteiger partial charge in [-0.05, 0) is 12.0 Å². The maximum Gasteiger partial charge on any atom is 0.223 e. The Morgan fingerprint density at radius 2 is 2.50 bits per heavy atom. The van der Waals surface area contributed by atoms with Crippen LogP contribution in [0.15, 0.2) is 11.6 Å². The first-order chi connectivity index (χ1) is 6.77. The lowest BCUT2D eigenvalue weighted by atomic mass is 10.1. The molecular weight excluding hydrogens is 246 g/mol. The van der Waals surface area contributed by atoms with Crippen molar-refractivity contribution in [2.75, 3.05) is 32.1 Å². The SMILES string of the molecule is COCC1=CCN(C(=O)CCBr)CC1. The van der Waals surface area contributed by atoms with Crippen molar-refractivity contribution >= 4 is 21.8 Å². The molecule has 0 saturated carbocycles. The average molecular weight is 262 g/mol. The number of methoxy groups -OCH3 is 1. The molecule has 0 fully saturated rings. The smallest absolute Gasteiger partial charge is 0.223 e. The predicted octanol–water partition coefficient (Wildman–Crippen LogP) is 1.58. The summed E-state index contributed by atoms with van der Waals surface area (Å²) in [5.74, 6) is 0.231. The zero-order valence-corrected chi connectivity index (χ0v) is 10.0. The summed E-state index contributed by atoms with van der Waals surface area (Å²) in [6.45, 7) is 2.27. The first-order valence-corrected chi connectivity index (χ1v) is 5.90. The zero-order valence-electron chi connectivity index (χ0n) is 8.46. The van der Waals surface area contributed by atoms with Gasteiger partial charge in [-0.25, -0.2) is 0 Å². The number of ether oxygens (including phenoxy) is 1. The molecule has 0 atom stereocenters. The van der Waals surface area contributed by atoms with Crippen LogP contribution in [0, 0.1) is 0 Å². The van der Waals surface area contributed by atoms with Gasteiger partial charge < -0.3 is 9.64 Å². The molecule has 3 nitrogen and oxygen atoms in total. The van der Waals surface area contributed by atoms with Crippen molar-refractivity contribution < 1.29 is 9.53 Å². The van der Waals surface area contributed by atoms with Crippen molar-refractivity contribution in [3.63, 3.8) is 0 Å². The predicted molar refractivity (Wildman–Crippen MR) is 59.6 cm³/mol. The third kappa shape index (κ3) is 3.42.